The number of amides is 1. The Kier molecular flexibility index (Phi) is 6.36. The maximum absolute atomic E-state index is 12.5. The van der Waals surface area contributed by atoms with Gasteiger partial charge < -0.3 is 10.1 Å². The fourth-order valence-corrected chi connectivity index (χ4v) is 3.97. The van der Waals surface area contributed by atoms with Crippen LogP contribution in [-0.4, -0.2) is 31.0 Å². The third kappa shape index (κ3) is 4.84. The van der Waals surface area contributed by atoms with Gasteiger partial charge in [-0.05, 0) is 85.6 Å². The molecular weight excluding hydrogens is 396 g/mol. The van der Waals surface area contributed by atoms with Gasteiger partial charge in [-0.15, -0.1) is 0 Å². The fraction of sp³-hybridized carbons (Fsp3) is 0.240. The average Bonchev–Trinajstić information content (AvgIpc) is 3.27. The number of methoxy groups -OCH3 is 1. The van der Waals surface area contributed by atoms with Gasteiger partial charge in [0.1, 0.15) is 5.75 Å². The van der Waals surface area contributed by atoms with Crippen molar-refractivity contribution >= 4 is 23.2 Å². The summed E-state index contributed by atoms with van der Waals surface area (Å²) in [5.74, 6) is 0.756. The molecule has 1 heterocycles. The van der Waals surface area contributed by atoms with Crippen molar-refractivity contribution in [3.8, 4) is 16.9 Å². The number of benzene rings is 3. The van der Waals surface area contributed by atoms with Gasteiger partial charge in [0, 0.05) is 28.4 Å². The highest BCUT2D eigenvalue weighted by Gasteiger charge is 2.15. The van der Waals surface area contributed by atoms with E-state index in [1.165, 1.54) is 18.4 Å². The summed E-state index contributed by atoms with van der Waals surface area (Å²) in [6.07, 6.45) is 2.52. The number of rotatable bonds is 6. The van der Waals surface area contributed by atoms with Crippen LogP contribution in [0, 0.1) is 0 Å². The molecular formula is C25H25ClN2O2. The van der Waals surface area contributed by atoms with Crippen LogP contribution < -0.4 is 10.1 Å². The quantitative estimate of drug-likeness (QED) is 0.542. The maximum atomic E-state index is 12.5. The highest BCUT2D eigenvalue weighted by Crippen LogP contribution is 2.30. The standard InChI is InChI=1S/C25H25ClN2O2/c1-30-24-12-9-20(15-21(24)17-28-13-2-3-14-28)19-5-4-6-23(16-19)27-25(29)18-7-10-22(26)11-8-18/h4-12,15-16H,2-3,13-14,17H2,1H3,(H,27,29). The van der Waals surface area contributed by atoms with Crippen molar-refractivity contribution in [2.24, 2.45) is 0 Å². The summed E-state index contributed by atoms with van der Waals surface area (Å²) >= 11 is 5.91. The minimum Gasteiger partial charge on any atom is -0.496 e. The van der Waals surface area contributed by atoms with E-state index in [-0.39, 0.29) is 5.91 Å². The van der Waals surface area contributed by atoms with E-state index in [0.29, 0.717) is 10.6 Å². The van der Waals surface area contributed by atoms with E-state index >= 15 is 0 Å². The SMILES string of the molecule is COc1ccc(-c2cccc(NC(=O)c3ccc(Cl)cc3)c2)cc1CN1CCCC1. The summed E-state index contributed by atoms with van der Waals surface area (Å²) in [5.41, 5.74) is 4.67. The Morgan fingerprint density at radius 1 is 1.00 bits per heavy atom. The summed E-state index contributed by atoms with van der Waals surface area (Å²) < 4.78 is 5.59. The lowest BCUT2D eigenvalue weighted by Crippen LogP contribution is -2.18. The zero-order valence-electron chi connectivity index (χ0n) is 17.0. The van der Waals surface area contributed by atoms with E-state index in [0.717, 1.165) is 42.2 Å². The molecule has 1 fully saturated rings. The van der Waals surface area contributed by atoms with Crippen molar-refractivity contribution in [2.75, 3.05) is 25.5 Å². The molecule has 0 aliphatic carbocycles. The molecule has 0 unspecified atom stereocenters. The number of nitrogens with zero attached hydrogens (tertiary/aromatic N) is 1. The molecule has 5 heteroatoms. The molecule has 30 heavy (non-hydrogen) atoms. The normalized spacial score (nSPS) is 13.9. The molecule has 1 amide bonds. The molecule has 0 radical (unpaired) electrons. The van der Waals surface area contributed by atoms with Crippen molar-refractivity contribution in [3.63, 3.8) is 0 Å². The van der Waals surface area contributed by atoms with Gasteiger partial charge in [0.25, 0.3) is 5.91 Å². The Bertz CT molecular complexity index is 1030. The van der Waals surface area contributed by atoms with Crippen LogP contribution in [0.1, 0.15) is 28.8 Å². The van der Waals surface area contributed by atoms with Gasteiger partial charge in [-0.1, -0.05) is 29.8 Å². The third-order valence-corrected chi connectivity index (χ3v) is 5.69. The number of hydrogen-bond acceptors (Lipinski definition) is 3. The molecule has 1 aliphatic rings. The predicted octanol–water partition coefficient (Wildman–Crippen LogP) is 5.86. The van der Waals surface area contributed by atoms with Crippen LogP contribution in [-0.2, 0) is 6.54 Å². The minimum absolute atomic E-state index is 0.159. The van der Waals surface area contributed by atoms with Gasteiger partial charge in [0.2, 0.25) is 0 Å². The van der Waals surface area contributed by atoms with Crippen LogP contribution in [0.4, 0.5) is 5.69 Å². The van der Waals surface area contributed by atoms with Crippen molar-refractivity contribution in [1.29, 1.82) is 0 Å². The third-order valence-electron chi connectivity index (χ3n) is 5.43. The monoisotopic (exact) mass is 420 g/mol. The van der Waals surface area contributed by atoms with Crippen LogP contribution in [0.2, 0.25) is 5.02 Å². The Labute approximate surface area is 182 Å². The van der Waals surface area contributed by atoms with Gasteiger partial charge >= 0.3 is 0 Å². The van der Waals surface area contributed by atoms with Crippen molar-refractivity contribution in [3.05, 3.63) is 82.9 Å². The summed E-state index contributed by atoms with van der Waals surface area (Å²) in [4.78, 5) is 15.0. The fourth-order valence-electron chi connectivity index (χ4n) is 3.84. The molecule has 3 aromatic rings. The number of halogens is 1. The van der Waals surface area contributed by atoms with Gasteiger partial charge in [0.15, 0.2) is 0 Å². The number of hydrogen-bond donors (Lipinski definition) is 1. The number of anilines is 1. The zero-order chi connectivity index (χ0) is 20.9. The lowest BCUT2D eigenvalue weighted by atomic mass is 10.0. The molecule has 0 aromatic heterocycles. The molecule has 4 nitrogen and oxygen atoms in total. The van der Waals surface area contributed by atoms with Gasteiger partial charge in [0.05, 0.1) is 7.11 Å². The predicted molar refractivity (Wildman–Crippen MR) is 122 cm³/mol. The molecule has 0 bridgehead atoms. The molecule has 1 N–H and O–H groups in total. The molecule has 1 saturated heterocycles. The van der Waals surface area contributed by atoms with E-state index in [1.807, 2.05) is 24.3 Å². The first kappa shape index (κ1) is 20.5. The Morgan fingerprint density at radius 2 is 1.73 bits per heavy atom. The topological polar surface area (TPSA) is 41.6 Å². The molecule has 0 atom stereocenters. The van der Waals surface area contributed by atoms with Crippen LogP contribution in [0.5, 0.6) is 5.75 Å². The Morgan fingerprint density at radius 3 is 2.47 bits per heavy atom. The second-order valence-corrected chi connectivity index (χ2v) is 7.99. The first-order valence-corrected chi connectivity index (χ1v) is 10.6. The number of carbonyl (C=O) groups is 1. The lowest BCUT2D eigenvalue weighted by molar-refractivity contribution is 0.102. The maximum Gasteiger partial charge on any atom is 0.255 e. The number of ether oxygens (including phenoxy) is 1. The number of carbonyl (C=O) groups excluding carboxylic acids is 1. The van der Waals surface area contributed by atoms with Gasteiger partial charge in [-0.25, -0.2) is 0 Å². The van der Waals surface area contributed by atoms with Crippen LogP contribution in [0.25, 0.3) is 11.1 Å². The van der Waals surface area contributed by atoms with Crippen LogP contribution in [0.15, 0.2) is 66.7 Å². The largest absolute Gasteiger partial charge is 0.496 e. The molecule has 4 rings (SSSR count). The summed E-state index contributed by atoms with van der Waals surface area (Å²) in [7, 11) is 1.72. The highest BCUT2D eigenvalue weighted by atomic mass is 35.5. The average molecular weight is 421 g/mol. The Balaban J connectivity index is 1.55. The highest BCUT2D eigenvalue weighted by molar-refractivity contribution is 6.30. The van der Waals surface area contributed by atoms with Crippen LogP contribution in [0.3, 0.4) is 0 Å². The lowest BCUT2D eigenvalue weighted by Gasteiger charge is -2.18. The van der Waals surface area contributed by atoms with Crippen molar-refractivity contribution < 1.29 is 9.53 Å². The summed E-state index contributed by atoms with van der Waals surface area (Å²) in [5, 5.41) is 3.58. The summed E-state index contributed by atoms with van der Waals surface area (Å²) in [6.45, 7) is 3.17. The van der Waals surface area contributed by atoms with Crippen molar-refractivity contribution in [2.45, 2.75) is 19.4 Å². The molecule has 0 saturated carbocycles. The second kappa shape index (κ2) is 9.33. The molecule has 154 valence electrons. The summed E-state index contributed by atoms with van der Waals surface area (Å²) in [6, 6.07) is 21.0. The molecule has 0 spiro atoms. The second-order valence-electron chi connectivity index (χ2n) is 7.55. The van der Waals surface area contributed by atoms with E-state index in [4.69, 9.17) is 16.3 Å². The van der Waals surface area contributed by atoms with Gasteiger partial charge in [-0.3, -0.25) is 9.69 Å². The van der Waals surface area contributed by atoms with E-state index in [1.54, 1.807) is 31.4 Å². The van der Waals surface area contributed by atoms with Crippen LogP contribution >= 0.6 is 11.6 Å². The van der Waals surface area contributed by atoms with Crippen molar-refractivity contribution in [1.82, 2.24) is 4.90 Å². The van der Waals surface area contributed by atoms with E-state index in [2.05, 4.69) is 28.4 Å². The Hall–Kier alpha value is -2.82. The zero-order valence-corrected chi connectivity index (χ0v) is 17.8. The minimum atomic E-state index is -0.159. The first-order chi connectivity index (χ1) is 14.6. The molecule has 1 aliphatic heterocycles. The van der Waals surface area contributed by atoms with E-state index in [9.17, 15) is 4.79 Å². The van der Waals surface area contributed by atoms with Gasteiger partial charge in [-0.2, -0.15) is 0 Å². The molecule has 3 aromatic carbocycles. The van der Waals surface area contributed by atoms with E-state index < -0.39 is 0 Å². The first-order valence-electron chi connectivity index (χ1n) is 10.2. The smallest absolute Gasteiger partial charge is 0.255 e. The number of likely N-dealkylation sites (tertiary alicyclic amines) is 1. The number of nitrogens with one attached hydrogen (secondary N) is 1.